The number of aromatic nitrogens is 4. The van der Waals surface area contributed by atoms with Crippen LogP contribution in [0.2, 0.25) is 0 Å². The number of pyridine rings is 1. The SMILES string of the molecule is O=C(NCC(F)F)c1cnc2ccc(C3=CCCCc4nc(NCC(F)(F)C5CC5)ncc43)cn12. The van der Waals surface area contributed by atoms with Crippen molar-refractivity contribution in [3.05, 3.63) is 59.3 Å². The Labute approximate surface area is 198 Å². The zero-order valence-corrected chi connectivity index (χ0v) is 18.8. The Balaban J connectivity index is 1.42. The number of amides is 1. The molecule has 2 N–H and O–H groups in total. The van der Waals surface area contributed by atoms with E-state index in [0.717, 1.165) is 35.2 Å². The van der Waals surface area contributed by atoms with Crippen LogP contribution >= 0.6 is 0 Å². The lowest BCUT2D eigenvalue weighted by atomic mass is 9.99. The zero-order chi connectivity index (χ0) is 24.6. The number of imidazole rings is 1. The number of carbonyl (C=O) groups is 1. The Bertz CT molecular complexity index is 1280. The molecule has 3 heterocycles. The Morgan fingerprint density at radius 3 is 2.80 bits per heavy atom. The number of hydrogen-bond acceptors (Lipinski definition) is 5. The molecule has 0 radical (unpaired) electrons. The van der Waals surface area contributed by atoms with E-state index in [2.05, 4.69) is 31.7 Å². The van der Waals surface area contributed by atoms with Crippen LogP contribution in [0, 0.1) is 5.92 Å². The number of allylic oxidation sites excluding steroid dienone is 1. The molecule has 0 unspecified atom stereocenters. The molecule has 0 atom stereocenters. The van der Waals surface area contributed by atoms with Crippen LogP contribution in [-0.2, 0) is 6.42 Å². The van der Waals surface area contributed by atoms with Crippen molar-refractivity contribution in [2.24, 2.45) is 5.92 Å². The number of rotatable bonds is 8. The van der Waals surface area contributed by atoms with Crippen LogP contribution in [0.1, 0.15) is 53.0 Å². The van der Waals surface area contributed by atoms with E-state index in [9.17, 15) is 22.4 Å². The second-order valence-electron chi connectivity index (χ2n) is 8.84. The van der Waals surface area contributed by atoms with Crippen LogP contribution in [0.3, 0.4) is 0 Å². The van der Waals surface area contributed by atoms with Gasteiger partial charge in [-0.15, -0.1) is 0 Å². The average Bonchev–Trinajstić information content (AvgIpc) is 3.65. The summed E-state index contributed by atoms with van der Waals surface area (Å²) < 4.78 is 54.7. The summed E-state index contributed by atoms with van der Waals surface area (Å²) in [6, 6.07) is 3.59. The van der Waals surface area contributed by atoms with Gasteiger partial charge in [0.15, 0.2) is 0 Å². The molecule has 0 aromatic carbocycles. The van der Waals surface area contributed by atoms with Crippen LogP contribution in [0.4, 0.5) is 23.5 Å². The third kappa shape index (κ3) is 4.98. The number of hydrogen-bond donors (Lipinski definition) is 2. The standard InChI is InChI=1S/C24H24F4N6O/c25-20(26)11-30-22(35)19-10-29-21-8-5-14(12-34(19)21)16-3-1-2-4-18-17(16)9-31-23(33-18)32-13-24(27,28)15-6-7-15/h3,5,8-10,12,15,20H,1-2,4,6-7,11,13H2,(H,30,35)(H,31,32,33). The first kappa shape index (κ1) is 23.3. The van der Waals surface area contributed by atoms with Crippen LogP contribution in [0.5, 0.6) is 0 Å². The summed E-state index contributed by atoms with van der Waals surface area (Å²) >= 11 is 0. The smallest absolute Gasteiger partial charge is 0.270 e. The summed E-state index contributed by atoms with van der Waals surface area (Å²) in [4.78, 5) is 25.4. The summed E-state index contributed by atoms with van der Waals surface area (Å²) in [5.41, 5.74) is 3.79. The Kier molecular flexibility index (Phi) is 6.16. The molecule has 1 amide bonds. The first-order valence-electron chi connectivity index (χ1n) is 11.5. The van der Waals surface area contributed by atoms with Crippen molar-refractivity contribution in [2.45, 2.75) is 44.5 Å². The molecule has 2 aliphatic carbocycles. The lowest BCUT2D eigenvalue weighted by molar-refractivity contribution is -0.00833. The molecular weight excluding hydrogens is 464 g/mol. The van der Waals surface area contributed by atoms with E-state index in [0.29, 0.717) is 24.9 Å². The molecule has 35 heavy (non-hydrogen) atoms. The van der Waals surface area contributed by atoms with E-state index in [1.165, 1.54) is 6.20 Å². The molecule has 1 saturated carbocycles. The number of alkyl halides is 4. The maximum absolute atomic E-state index is 14.1. The Morgan fingerprint density at radius 2 is 2.03 bits per heavy atom. The summed E-state index contributed by atoms with van der Waals surface area (Å²) in [6.45, 7) is -1.24. The molecule has 184 valence electrons. The van der Waals surface area contributed by atoms with Gasteiger partial charge in [0.2, 0.25) is 5.95 Å². The van der Waals surface area contributed by atoms with E-state index >= 15 is 0 Å². The highest BCUT2D eigenvalue weighted by Crippen LogP contribution is 2.43. The minimum Gasteiger partial charge on any atom is -0.348 e. The fraction of sp³-hybridized carbons (Fsp3) is 0.417. The second-order valence-corrected chi connectivity index (χ2v) is 8.84. The summed E-state index contributed by atoms with van der Waals surface area (Å²) in [5, 5.41) is 4.89. The van der Waals surface area contributed by atoms with Crippen LogP contribution in [0.15, 0.2) is 36.8 Å². The molecule has 0 bridgehead atoms. The van der Waals surface area contributed by atoms with Gasteiger partial charge in [-0.05, 0) is 55.4 Å². The van der Waals surface area contributed by atoms with E-state index in [1.54, 1.807) is 22.9 Å². The first-order chi connectivity index (χ1) is 16.8. The number of aryl methyl sites for hydroxylation is 1. The van der Waals surface area contributed by atoms with Gasteiger partial charge in [0.1, 0.15) is 11.3 Å². The number of nitrogens with zero attached hydrogens (tertiary/aromatic N) is 4. The Hall–Kier alpha value is -3.50. The number of halogens is 4. The van der Waals surface area contributed by atoms with E-state index in [1.807, 2.05) is 6.07 Å². The molecule has 3 aromatic heterocycles. The highest BCUT2D eigenvalue weighted by molar-refractivity contribution is 5.93. The minimum atomic E-state index is -2.78. The van der Waals surface area contributed by atoms with Gasteiger partial charge in [-0.3, -0.25) is 9.20 Å². The fourth-order valence-electron chi connectivity index (χ4n) is 4.23. The van der Waals surface area contributed by atoms with Crippen LogP contribution < -0.4 is 10.6 Å². The largest absolute Gasteiger partial charge is 0.348 e. The average molecular weight is 488 g/mol. The molecule has 7 nitrogen and oxygen atoms in total. The van der Waals surface area contributed by atoms with Gasteiger partial charge < -0.3 is 10.6 Å². The van der Waals surface area contributed by atoms with Crippen LogP contribution in [0.25, 0.3) is 11.2 Å². The van der Waals surface area contributed by atoms with Gasteiger partial charge in [-0.2, -0.15) is 0 Å². The molecule has 0 saturated heterocycles. The van der Waals surface area contributed by atoms with Crippen molar-refractivity contribution >= 4 is 23.1 Å². The highest BCUT2D eigenvalue weighted by Gasteiger charge is 2.46. The summed E-state index contributed by atoms with van der Waals surface area (Å²) in [7, 11) is 0. The highest BCUT2D eigenvalue weighted by atomic mass is 19.3. The van der Waals surface area contributed by atoms with Crippen LogP contribution in [-0.4, -0.2) is 50.7 Å². The Morgan fingerprint density at radius 1 is 1.20 bits per heavy atom. The molecule has 0 spiro atoms. The number of fused-ring (bicyclic) bond motifs is 2. The molecule has 0 aliphatic heterocycles. The number of nitrogens with one attached hydrogen (secondary N) is 2. The molecule has 1 fully saturated rings. The first-order valence-corrected chi connectivity index (χ1v) is 11.5. The van der Waals surface area contributed by atoms with Gasteiger partial charge >= 0.3 is 0 Å². The lowest BCUT2D eigenvalue weighted by Crippen LogP contribution is -2.30. The quantitative estimate of drug-likeness (QED) is 0.461. The topological polar surface area (TPSA) is 84.2 Å². The number of anilines is 1. The van der Waals surface area contributed by atoms with Crippen molar-refractivity contribution < 1.29 is 22.4 Å². The van der Waals surface area contributed by atoms with Crippen molar-refractivity contribution in [2.75, 3.05) is 18.4 Å². The zero-order valence-electron chi connectivity index (χ0n) is 18.8. The molecule has 11 heteroatoms. The van der Waals surface area contributed by atoms with Gasteiger partial charge in [0.05, 0.1) is 25.0 Å². The normalized spacial score (nSPS) is 16.1. The molecular formula is C24H24F4N6O. The fourth-order valence-corrected chi connectivity index (χ4v) is 4.23. The predicted molar refractivity (Wildman–Crippen MR) is 122 cm³/mol. The van der Waals surface area contributed by atoms with Crippen molar-refractivity contribution in [3.63, 3.8) is 0 Å². The number of carbonyl (C=O) groups excluding carboxylic acids is 1. The lowest BCUT2D eigenvalue weighted by Gasteiger charge is -2.17. The van der Waals surface area contributed by atoms with E-state index in [4.69, 9.17) is 0 Å². The molecule has 2 aliphatic rings. The summed E-state index contributed by atoms with van der Waals surface area (Å²) in [5.74, 6) is -3.81. The third-order valence-electron chi connectivity index (χ3n) is 6.25. The maximum atomic E-state index is 14.1. The van der Waals surface area contributed by atoms with E-state index in [-0.39, 0.29) is 11.6 Å². The third-order valence-corrected chi connectivity index (χ3v) is 6.25. The van der Waals surface area contributed by atoms with Gasteiger partial charge in [0, 0.05) is 23.9 Å². The second kappa shape index (κ2) is 9.27. The van der Waals surface area contributed by atoms with Gasteiger partial charge in [-0.1, -0.05) is 6.08 Å². The van der Waals surface area contributed by atoms with Crippen molar-refractivity contribution in [3.8, 4) is 0 Å². The van der Waals surface area contributed by atoms with E-state index < -0.39 is 37.3 Å². The van der Waals surface area contributed by atoms with Crippen molar-refractivity contribution in [1.82, 2.24) is 24.7 Å². The predicted octanol–water partition coefficient (Wildman–Crippen LogP) is 4.34. The van der Waals surface area contributed by atoms with Crippen molar-refractivity contribution in [1.29, 1.82) is 0 Å². The van der Waals surface area contributed by atoms with Gasteiger partial charge in [0.25, 0.3) is 18.3 Å². The maximum Gasteiger partial charge on any atom is 0.270 e. The minimum absolute atomic E-state index is 0.143. The monoisotopic (exact) mass is 488 g/mol. The summed E-state index contributed by atoms with van der Waals surface area (Å²) in [6.07, 6.45) is 7.47. The van der Waals surface area contributed by atoms with Gasteiger partial charge in [-0.25, -0.2) is 32.5 Å². The molecule has 5 rings (SSSR count). The molecule has 3 aromatic rings.